The fourth-order valence-electron chi connectivity index (χ4n) is 8.52. The van der Waals surface area contributed by atoms with Gasteiger partial charge in [-0.1, -0.05) is 249 Å². The number of phosphoric ester groups is 1. The van der Waals surface area contributed by atoms with E-state index in [4.69, 9.17) is 9.05 Å². The minimum Gasteiger partial charge on any atom is -0.756 e. The number of phosphoric acid groups is 1. The Morgan fingerprint density at radius 1 is 0.507 bits per heavy atom. The van der Waals surface area contributed by atoms with Gasteiger partial charge in [0.2, 0.25) is 5.91 Å². The van der Waals surface area contributed by atoms with Gasteiger partial charge < -0.3 is 28.8 Å². The summed E-state index contributed by atoms with van der Waals surface area (Å²) in [5.74, 6) is -0.204. The van der Waals surface area contributed by atoms with Gasteiger partial charge in [0.15, 0.2) is 0 Å². The summed E-state index contributed by atoms with van der Waals surface area (Å²) in [4.78, 5) is 25.5. The molecule has 2 N–H and O–H groups in total. The molecule has 1 amide bonds. The van der Waals surface area contributed by atoms with E-state index in [1.54, 1.807) is 6.08 Å². The molecule has 67 heavy (non-hydrogen) atoms. The number of allylic oxidation sites excluding steroid dienone is 5. The lowest BCUT2D eigenvalue weighted by Gasteiger charge is -2.29. The zero-order valence-electron chi connectivity index (χ0n) is 45.1. The summed E-state index contributed by atoms with van der Waals surface area (Å²) in [6.07, 6.45) is 63.7. The molecule has 0 spiro atoms. The average molecular weight is 966 g/mol. The molecule has 396 valence electrons. The van der Waals surface area contributed by atoms with Gasteiger partial charge in [-0.2, -0.15) is 0 Å². The molecule has 0 heterocycles. The molecule has 3 unspecified atom stereocenters. The Morgan fingerprint density at radius 2 is 0.836 bits per heavy atom. The Hall–Kier alpha value is -1.28. The number of amides is 1. The van der Waals surface area contributed by atoms with E-state index >= 15 is 0 Å². The number of quaternary nitrogens is 1. The minimum atomic E-state index is -4.60. The second-order valence-electron chi connectivity index (χ2n) is 21.0. The first-order chi connectivity index (χ1) is 32.5. The predicted molar refractivity (Wildman–Crippen MR) is 288 cm³/mol. The van der Waals surface area contributed by atoms with Gasteiger partial charge in [0, 0.05) is 6.42 Å². The zero-order chi connectivity index (χ0) is 49.2. The third-order valence-corrected chi connectivity index (χ3v) is 14.0. The number of likely N-dealkylation sites (N-methyl/N-ethyl adjacent to an activating group) is 1. The first-order valence-electron chi connectivity index (χ1n) is 28.9. The van der Waals surface area contributed by atoms with Crippen LogP contribution >= 0.6 is 7.82 Å². The van der Waals surface area contributed by atoms with Crippen LogP contribution in [0.25, 0.3) is 0 Å². The maximum absolute atomic E-state index is 13.0. The maximum atomic E-state index is 13.0. The lowest BCUT2D eigenvalue weighted by molar-refractivity contribution is -0.870. The highest BCUT2D eigenvalue weighted by Crippen LogP contribution is 2.38. The number of aliphatic hydroxyl groups is 1. The highest BCUT2D eigenvalue weighted by molar-refractivity contribution is 7.45. The van der Waals surface area contributed by atoms with Crippen molar-refractivity contribution in [2.24, 2.45) is 0 Å². The SMILES string of the molecule is CCCCCCCCCC/C=C\CCCCCCCCCCCCCCCCCC(=O)NC(COP(=O)([O-])OCC[N+](C)(C)C)C(O)/C=C/CC/C=C/CCCCCCCCCCCCCC. The maximum Gasteiger partial charge on any atom is 0.268 e. The van der Waals surface area contributed by atoms with Crippen LogP contribution in [0.3, 0.4) is 0 Å². The number of nitrogens with one attached hydrogen (secondary N) is 1. The van der Waals surface area contributed by atoms with E-state index in [2.05, 4.69) is 43.5 Å². The van der Waals surface area contributed by atoms with Gasteiger partial charge in [-0.05, 0) is 57.8 Å². The molecule has 0 aromatic rings. The van der Waals surface area contributed by atoms with Gasteiger partial charge in [0.25, 0.3) is 7.82 Å². The fraction of sp³-hybridized carbons (Fsp3) is 0.879. The van der Waals surface area contributed by atoms with Gasteiger partial charge in [0.05, 0.1) is 39.9 Å². The highest BCUT2D eigenvalue weighted by Gasteiger charge is 2.23. The molecule has 0 saturated carbocycles. The summed E-state index contributed by atoms with van der Waals surface area (Å²) in [5, 5.41) is 13.9. The van der Waals surface area contributed by atoms with Crippen LogP contribution in [0.2, 0.25) is 0 Å². The van der Waals surface area contributed by atoms with E-state index in [-0.39, 0.29) is 19.1 Å². The Labute approximate surface area is 417 Å². The van der Waals surface area contributed by atoms with E-state index in [0.29, 0.717) is 17.4 Å². The van der Waals surface area contributed by atoms with Gasteiger partial charge >= 0.3 is 0 Å². The normalized spacial score (nSPS) is 14.2. The molecule has 0 bridgehead atoms. The van der Waals surface area contributed by atoms with Crippen LogP contribution in [0.1, 0.15) is 277 Å². The van der Waals surface area contributed by atoms with Gasteiger partial charge in [-0.25, -0.2) is 0 Å². The topological polar surface area (TPSA) is 108 Å². The molecule has 0 aromatic heterocycles. The molecule has 8 nitrogen and oxygen atoms in total. The third-order valence-electron chi connectivity index (χ3n) is 13.1. The van der Waals surface area contributed by atoms with E-state index in [0.717, 1.165) is 38.5 Å². The molecule has 0 saturated heterocycles. The molecule has 0 aliphatic rings. The summed E-state index contributed by atoms with van der Waals surface area (Å²) < 4.78 is 23.3. The van der Waals surface area contributed by atoms with Crippen LogP contribution in [0, 0.1) is 0 Å². The van der Waals surface area contributed by atoms with Crippen molar-refractivity contribution >= 4 is 13.7 Å². The number of unbranched alkanes of at least 4 members (excludes halogenated alkanes) is 36. The van der Waals surface area contributed by atoms with Crippen LogP contribution in [0.4, 0.5) is 0 Å². The summed E-state index contributed by atoms with van der Waals surface area (Å²) in [7, 11) is 1.25. The number of hydrogen-bond donors (Lipinski definition) is 2. The molecule has 0 fully saturated rings. The average Bonchev–Trinajstić information content (AvgIpc) is 3.29. The smallest absolute Gasteiger partial charge is 0.268 e. The molecule has 0 radical (unpaired) electrons. The van der Waals surface area contributed by atoms with Crippen molar-refractivity contribution in [1.82, 2.24) is 5.32 Å². The molecule has 0 aliphatic heterocycles. The van der Waals surface area contributed by atoms with Crippen molar-refractivity contribution in [3.05, 3.63) is 36.5 Å². The predicted octanol–water partition coefficient (Wildman–Crippen LogP) is 16.7. The van der Waals surface area contributed by atoms with E-state index < -0.39 is 20.0 Å². The Kier molecular flexibility index (Phi) is 48.7. The standard InChI is InChI=1S/C58H113N2O6P/c1-6-8-10-12-14-16-18-20-22-24-26-27-28-29-30-31-32-33-34-36-38-40-42-44-46-48-50-52-58(62)59-56(55-66-67(63,64)65-54-53-60(3,4)5)57(61)51-49-47-45-43-41-39-37-35-25-23-21-19-17-15-13-11-9-7-2/h24,26,41,43,49,51,56-57,61H,6-23,25,27-40,42,44-48,50,52-55H2,1-5H3,(H-,59,62,63,64)/b26-24-,43-41+,51-49+. The van der Waals surface area contributed by atoms with Crippen LogP contribution in [0.15, 0.2) is 36.5 Å². The van der Waals surface area contributed by atoms with Crippen LogP contribution < -0.4 is 10.2 Å². The number of carbonyl (C=O) groups excluding carboxylic acids is 1. The first-order valence-corrected chi connectivity index (χ1v) is 30.3. The van der Waals surface area contributed by atoms with Crippen LogP contribution in [0.5, 0.6) is 0 Å². The van der Waals surface area contributed by atoms with Crippen molar-refractivity contribution < 1.29 is 32.9 Å². The van der Waals surface area contributed by atoms with Gasteiger partial charge in [0.1, 0.15) is 13.2 Å². The van der Waals surface area contributed by atoms with Crippen molar-refractivity contribution in [2.75, 3.05) is 40.9 Å². The quantitative estimate of drug-likeness (QED) is 0.0272. The fourth-order valence-corrected chi connectivity index (χ4v) is 9.24. The monoisotopic (exact) mass is 965 g/mol. The summed E-state index contributed by atoms with van der Waals surface area (Å²) >= 11 is 0. The van der Waals surface area contributed by atoms with E-state index in [1.165, 1.54) is 218 Å². The lowest BCUT2D eigenvalue weighted by Crippen LogP contribution is -2.45. The van der Waals surface area contributed by atoms with Crippen molar-refractivity contribution in [3.8, 4) is 0 Å². The molecule has 0 aromatic carbocycles. The van der Waals surface area contributed by atoms with Crippen molar-refractivity contribution in [2.45, 2.75) is 289 Å². The Morgan fingerprint density at radius 3 is 1.21 bits per heavy atom. The molecule has 9 heteroatoms. The first kappa shape index (κ1) is 65.7. The summed E-state index contributed by atoms with van der Waals surface area (Å²) in [6, 6.07) is -0.902. The van der Waals surface area contributed by atoms with Crippen LogP contribution in [-0.4, -0.2) is 68.5 Å². The summed E-state index contributed by atoms with van der Waals surface area (Å²) in [5.41, 5.74) is 0. The van der Waals surface area contributed by atoms with Crippen LogP contribution in [-0.2, 0) is 18.4 Å². The highest BCUT2D eigenvalue weighted by atomic mass is 31.2. The molecular formula is C58H113N2O6P. The third kappa shape index (κ3) is 52.4. The zero-order valence-corrected chi connectivity index (χ0v) is 46.0. The second-order valence-corrected chi connectivity index (χ2v) is 22.4. The molecule has 3 atom stereocenters. The lowest BCUT2D eigenvalue weighted by atomic mass is 10.0. The molecular weight excluding hydrogens is 852 g/mol. The van der Waals surface area contributed by atoms with Gasteiger partial charge in [-0.3, -0.25) is 9.36 Å². The Balaban J connectivity index is 4.18. The number of hydrogen-bond acceptors (Lipinski definition) is 6. The minimum absolute atomic E-state index is 0.00518. The number of aliphatic hydroxyl groups excluding tert-OH is 1. The molecule has 0 rings (SSSR count). The van der Waals surface area contributed by atoms with Crippen molar-refractivity contribution in [3.63, 3.8) is 0 Å². The Bertz CT molecular complexity index is 1190. The number of carbonyl (C=O) groups is 1. The number of nitrogens with zero attached hydrogens (tertiary/aromatic N) is 1. The van der Waals surface area contributed by atoms with Crippen molar-refractivity contribution in [1.29, 1.82) is 0 Å². The number of rotatable bonds is 53. The molecule has 0 aliphatic carbocycles. The van der Waals surface area contributed by atoms with E-state index in [9.17, 15) is 19.4 Å². The largest absolute Gasteiger partial charge is 0.756 e. The second kappa shape index (κ2) is 49.7. The van der Waals surface area contributed by atoms with E-state index in [1.807, 2.05) is 27.2 Å². The van der Waals surface area contributed by atoms with Gasteiger partial charge in [-0.15, -0.1) is 0 Å². The summed E-state index contributed by atoms with van der Waals surface area (Å²) in [6.45, 7) is 4.66.